The van der Waals surface area contributed by atoms with Gasteiger partial charge in [-0.1, -0.05) is 17.7 Å². The maximum absolute atomic E-state index is 11.5. The Bertz CT molecular complexity index is 395. The fourth-order valence-corrected chi connectivity index (χ4v) is 1.23. The van der Waals surface area contributed by atoms with Gasteiger partial charge >= 0.3 is 0 Å². The van der Waals surface area contributed by atoms with Gasteiger partial charge in [-0.25, -0.2) is 5.48 Å². The van der Waals surface area contributed by atoms with Crippen molar-refractivity contribution in [1.29, 1.82) is 0 Å². The van der Waals surface area contributed by atoms with E-state index in [0.717, 1.165) is 0 Å². The van der Waals surface area contributed by atoms with Crippen molar-refractivity contribution in [3.05, 3.63) is 34.9 Å². The number of amides is 2. The van der Waals surface area contributed by atoms with Gasteiger partial charge in [-0.3, -0.25) is 14.4 Å². The molecule has 16 heavy (non-hydrogen) atoms. The zero-order valence-electron chi connectivity index (χ0n) is 8.62. The lowest BCUT2D eigenvalue weighted by Gasteiger charge is -2.05. The second-order valence-electron chi connectivity index (χ2n) is 2.92. The molecular formula is C10H11ClN2O3. The first kappa shape index (κ1) is 12.5. The molecule has 0 aromatic heterocycles. The third-order valence-electron chi connectivity index (χ3n) is 1.71. The third-order valence-corrected chi connectivity index (χ3v) is 1.95. The van der Waals surface area contributed by atoms with Crippen molar-refractivity contribution in [2.45, 2.75) is 0 Å². The molecular weight excluding hydrogens is 232 g/mol. The average molecular weight is 243 g/mol. The lowest BCUT2D eigenvalue weighted by atomic mass is 10.2. The smallest absolute Gasteiger partial charge is 0.262 e. The second-order valence-corrected chi connectivity index (χ2v) is 3.36. The van der Waals surface area contributed by atoms with E-state index in [1.54, 1.807) is 18.2 Å². The number of hydrogen-bond acceptors (Lipinski definition) is 3. The standard InChI is InChI=1S/C10H11ClN2O3/c1-16-13-9(14)6-12-10(15)7-3-2-4-8(11)5-7/h2-5H,6H2,1H3,(H,12,15)(H,13,14). The summed E-state index contributed by atoms with van der Waals surface area (Å²) in [6.07, 6.45) is 0. The molecule has 0 fully saturated rings. The van der Waals surface area contributed by atoms with Gasteiger partial charge in [-0.15, -0.1) is 0 Å². The van der Waals surface area contributed by atoms with Crippen molar-refractivity contribution < 1.29 is 14.4 Å². The van der Waals surface area contributed by atoms with Crippen molar-refractivity contribution in [1.82, 2.24) is 10.8 Å². The fraction of sp³-hybridized carbons (Fsp3) is 0.200. The molecule has 0 aliphatic rings. The van der Waals surface area contributed by atoms with Crippen molar-refractivity contribution in [3.63, 3.8) is 0 Å². The first-order valence-corrected chi connectivity index (χ1v) is 4.87. The lowest BCUT2D eigenvalue weighted by molar-refractivity contribution is -0.130. The quantitative estimate of drug-likeness (QED) is 0.766. The van der Waals surface area contributed by atoms with Crippen LogP contribution in [-0.2, 0) is 9.63 Å². The van der Waals surface area contributed by atoms with Crippen molar-refractivity contribution in [3.8, 4) is 0 Å². The Hall–Kier alpha value is -1.59. The normalized spacial score (nSPS) is 9.62. The molecule has 0 unspecified atom stereocenters. The lowest BCUT2D eigenvalue weighted by Crippen LogP contribution is -2.36. The van der Waals surface area contributed by atoms with E-state index in [1.165, 1.54) is 13.2 Å². The van der Waals surface area contributed by atoms with E-state index in [1.807, 2.05) is 0 Å². The van der Waals surface area contributed by atoms with Gasteiger partial charge in [0.25, 0.3) is 11.8 Å². The van der Waals surface area contributed by atoms with E-state index >= 15 is 0 Å². The summed E-state index contributed by atoms with van der Waals surface area (Å²) in [7, 11) is 1.32. The van der Waals surface area contributed by atoms with Crippen LogP contribution >= 0.6 is 11.6 Å². The fourth-order valence-electron chi connectivity index (χ4n) is 1.04. The minimum absolute atomic E-state index is 0.154. The number of benzene rings is 1. The van der Waals surface area contributed by atoms with Crippen LogP contribution in [-0.4, -0.2) is 25.5 Å². The van der Waals surface area contributed by atoms with Gasteiger partial charge in [0.2, 0.25) is 0 Å². The molecule has 2 N–H and O–H groups in total. The van der Waals surface area contributed by atoms with Gasteiger partial charge < -0.3 is 5.32 Å². The summed E-state index contributed by atoms with van der Waals surface area (Å²) >= 11 is 5.72. The molecule has 0 atom stereocenters. The molecule has 0 saturated heterocycles. The van der Waals surface area contributed by atoms with Crippen molar-refractivity contribution >= 4 is 23.4 Å². The van der Waals surface area contributed by atoms with Crippen LogP contribution in [0.5, 0.6) is 0 Å². The first-order valence-electron chi connectivity index (χ1n) is 4.49. The number of rotatable bonds is 4. The molecule has 1 rings (SSSR count). The van der Waals surface area contributed by atoms with Gasteiger partial charge in [-0.05, 0) is 18.2 Å². The monoisotopic (exact) mass is 242 g/mol. The molecule has 0 radical (unpaired) electrons. The molecule has 5 nitrogen and oxygen atoms in total. The number of halogens is 1. The van der Waals surface area contributed by atoms with E-state index in [-0.39, 0.29) is 12.5 Å². The largest absolute Gasteiger partial charge is 0.343 e. The predicted molar refractivity (Wildman–Crippen MR) is 58.9 cm³/mol. The predicted octanol–water partition coefficient (Wildman–Crippen LogP) is 0.747. The summed E-state index contributed by atoms with van der Waals surface area (Å²) in [6.45, 7) is -0.154. The molecule has 1 aromatic rings. The molecule has 0 aliphatic heterocycles. The Labute approximate surface area is 97.7 Å². The van der Waals surface area contributed by atoms with Gasteiger partial charge in [0.1, 0.15) is 0 Å². The van der Waals surface area contributed by atoms with Crippen LogP contribution in [0.2, 0.25) is 5.02 Å². The van der Waals surface area contributed by atoms with E-state index in [2.05, 4.69) is 15.6 Å². The number of hydroxylamine groups is 1. The Morgan fingerprint density at radius 2 is 2.19 bits per heavy atom. The minimum atomic E-state index is -0.433. The zero-order valence-corrected chi connectivity index (χ0v) is 9.38. The highest BCUT2D eigenvalue weighted by Gasteiger charge is 2.07. The van der Waals surface area contributed by atoms with E-state index in [9.17, 15) is 9.59 Å². The topological polar surface area (TPSA) is 67.4 Å². The number of hydrogen-bond donors (Lipinski definition) is 2. The van der Waals surface area contributed by atoms with Crippen LogP contribution in [0, 0.1) is 0 Å². The molecule has 0 aliphatic carbocycles. The number of nitrogens with one attached hydrogen (secondary N) is 2. The highest BCUT2D eigenvalue weighted by atomic mass is 35.5. The van der Waals surface area contributed by atoms with E-state index in [4.69, 9.17) is 11.6 Å². The molecule has 1 aromatic carbocycles. The molecule has 0 saturated carbocycles. The summed E-state index contributed by atoms with van der Waals surface area (Å²) in [5.74, 6) is -0.799. The average Bonchev–Trinajstić information content (AvgIpc) is 2.26. The Morgan fingerprint density at radius 1 is 1.44 bits per heavy atom. The summed E-state index contributed by atoms with van der Waals surface area (Å²) < 4.78 is 0. The number of carbonyl (C=O) groups excluding carboxylic acids is 2. The van der Waals surface area contributed by atoms with Crippen molar-refractivity contribution in [2.24, 2.45) is 0 Å². The summed E-state index contributed by atoms with van der Waals surface area (Å²) in [6, 6.07) is 6.45. The summed E-state index contributed by atoms with van der Waals surface area (Å²) in [5, 5.41) is 2.89. The second kappa shape index (κ2) is 6.09. The van der Waals surface area contributed by atoms with Crippen molar-refractivity contribution in [2.75, 3.05) is 13.7 Å². The van der Waals surface area contributed by atoms with E-state index in [0.29, 0.717) is 10.6 Å². The molecule has 0 heterocycles. The highest BCUT2D eigenvalue weighted by Crippen LogP contribution is 2.10. The zero-order chi connectivity index (χ0) is 12.0. The maximum Gasteiger partial charge on any atom is 0.262 e. The van der Waals surface area contributed by atoms with Gasteiger partial charge in [0, 0.05) is 10.6 Å². The molecule has 6 heteroatoms. The van der Waals surface area contributed by atoms with E-state index < -0.39 is 5.91 Å². The SMILES string of the molecule is CONC(=O)CNC(=O)c1cccc(Cl)c1. The van der Waals surface area contributed by atoms with Crippen LogP contribution in [0.15, 0.2) is 24.3 Å². The Balaban J connectivity index is 2.50. The third kappa shape index (κ3) is 3.88. The maximum atomic E-state index is 11.5. The van der Waals surface area contributed by atoms with Crippen LogP contribution in [0.3, 0.4) is 0 Å². The van der Waals surface area contributed by atoms with Gasteiger partial charge in [-0.2, -0.15) is 0 Å². The summed E-state index contributed by atoms with van der Waals surface area (Å²) in [5.41, 5.74) is 2.48. The number of carbonyl (C=O) groups is 2. The Kier molecular flexibility index (Phi) is 4.75. The van der Waals surface area contributed by atoms with Gasteiger partial charge in [0.15, 0.2) is 0 Å². The molecule has 0 bridgehead atoms. The first-order chi connectivity index (χ1) is 7.63. The Morgan fingerprint density at radius 3 is 2.81 bits per heavy atom. The van der Waals surface area contributed by atoms with Crippen LogP contribution in [0.25, 0.3) is 0 Å². The van der Waals surface area contributed by atoms with Crippen LogP contribution < -0.4 is 10.8 Å². The van der Waals surface area contributed by atoms with Crippen LogP contribution in [0.1, 0.15) is 10.4 Å². The molecule has 86 valence electrons. The minimum Gasteiger partial charge on any atom is -0.343 e. The summed E-state index contributed by atoms with van der Waals surface area (Å²) in [4.78, 5) is 26.9. The van der Waals surface area contributed by atoms with Gasteiger partial charge in [0.05, 0.1) is 13.7 Å². The highest BCUT2D eigenvalue weighted by molar-refractivity contribution is 6.30. The molecule has 0 spiro atoms. The van der Waals surface area contributed by atoms with Crippen LogP contribution in [0.4, 0.5) is 0 Å². The molecule has 2 amide bonds.